The maximum absolute atomic E-state index is 12.7. The van der Waals surface area contributed by atoms with Crippen LogP contribution in [0.4, 0.5) is 5.95 Å². The zero-order valence-corrected chi connectivity index (χ0v) is 18.2. The Labute approximate surface area is 186 Å². The van der Waals surface area contributed by atoms with E-state index < -0.39 is 16.9 Å². The summed E-state index contributed by atoms with van der Waals surface area (Å²) in [6.45, 7) is 4.28. The van der Waals surface area contributed by atoms with E-state index in [2.05, 4.69) is 25.0 Å². The Bertz CT molecular complexity index is 1140. The second kappa shape index (κ2) is 8.12. The van der Waals surface area contributed by atoms with Gasteiger partial charge in [0.2, 0.25) is 5.95 Å². The average Bonchev–Trinajstić information content (AvgIpc) is 3.15. The van der Waals surface area contributed by atoms with E-state index in [9.17, 15) is 4.79 Å². The van der Waals surface area contributed by atoms with Crippen LogP contribution in [-0.2, 0) is 12.0 Å². The minimum Gasteiger partial charge on any atom is -0.386 e. The molecule has 32 heavy (non-hydrogen) atoms. The number of nitrogen functional groups attached to an aromatic ring is 1. The van der Waals surface area contributed by atoms with Crippen LogP contribution in [0, 0.1) is 0 Å². The molecule has 0 atom stereocenters. The molecular weight excluding hydrogens is 406 g/mol. The molecule has 3 aromatic rings. The van der Waals surface area contributed by atoms with Crippen molar-refractivity contribution in [2.45, 2.75) is 50.6 Å². The van der Waals surface area contributed by atoms with Gasteiger partial charge in [0.05, 0.1) is 29.4 Å². The van der Waals surface area contributed by atoms with Crippen LogP contribution in [0.5, 0.6) is 0 Å². The minimum atomic E-state index is -0.492. The zero-order valence-electron chi connectivity index (χ0n) is 18.2. The molecule has 10 heteroatoms. The third kappa shape index (κ3) is 4.35. The number of hydrogen-bond donors (Lipinski definition) is 3. The summed E-state index contributed by atoms with van der Waals surface area (Å²) in [5.74, 6) is 0.0919. The largest absolute Gasteiger partial charge is 0.386 e. The summed E-state index contributed by atoms with van der Waals surface area (Å²) < 4.78 is 1.64. The number of carbonyl (C=O) groups excluding carboxylic acids is 1. The first-order chi connectivity index (χ1) is 15.2. The van der Waals surface area contributed by atoms with E-state index in [4.69, 9.17) is 17.2 Å². The topological polar surface area (TPSA) is 164 Å². The van der Waals surface area contributed by atoms with E-state index in [1.54, 1.807) is 29.5 Å². The van der Waals surface area contributed by atoms with Crippen molar-refractivity contribution in [2.24, 2.45) is 16.5 Å². The third-order valence-corrected chi connectivity index (χ3v) is 5.65. The highest BCUT2D eigenvalue weighted by atomic mass is 16.1. The lowest BCUT2D eigenvalue weighted by atomic mass is 9.64. The van der Waals surface area contributed by atoms with Gasteiger partial charge in [0.1, 0.15) is 5.84 Å². The van der Waals surface area contributed by atoms with Crippen molar-refractivity contribution in [3.05, 3.63) is 54.2 Å². The quantitative estimate of drug-likeness (QED) is 0.390. The molecule has 0 bridgehead atoms. The summed E-state index contributed by atoms with van der Waals surface area (Å²) in [5, 5.41) is 4.21. The summed E-state index contributed by atoms with van der Waals surface area (Å²) in [6.07, 6.45) is 10.8. The second-order valence-corrected chi connectivity index (χ2v) is 8.92. The van der Waals surface area contributed by atoms with E-state index in [1.165, 1.54) is 6.20 Å². The highest BCUT2D eigenvalue weighted by Crippen LogP contribution is 2.44. The number of carbonyl (C=O) groups is 1. The molecule has 1 aliphatic rings. The van der Waals surface area contributed by atoms with Crippen molar-refractivity contribution >= 4 is 17.7 Å². The Kier molecular flexibility index (Phi) is 5.47. The highest BCUT2D eigenvalue weighted by Gasteiger charge is 2.43. The molecule has 0 unspecified atom stereocenters. The van der Waals surface area contributed by atoms with Gasteiger partial charge in [-0.3, -0.25) is 14.5 Å². The lowest BCUT2D eigenvalue weighted by Gasteiger charge is -2.41. The molecule has 166 valence electrons. The van der Waals surface area contributed by atoms with Gasteiger partial charge in [0.25, 0.3) is 5.91 Å². The first-order valence-corrected chi connectivity index (χ1v) is 10.4. The Balaban J connectivity index is 1.55. The maximum Gasteiger partial charge on any atom is 0.281 e. The predicted octanol–water partition coefficient (Wildman–Crippen LogP) is 1.67. The fourth-order valence-corrected chi connectivity index (χ4v) is 3.80. The van der Waals surface area contributed by atoms with Gasteiger partial charge in [0.15, 0.2) is 0 Å². The van der Waals surface area contributed by atoms with Crippen LogP contribution in [0.2, 0.25) is 0 Å². The van der Waals surface area contributed by atoms with Crippen molar-refractivity contribution < 1.29 is 4.79 Å². The fourth-order valence-electron chi connectivity index (χ4n) is 3.80. The van der Waals surface area contributed by atoms with Gasteiger partial charge in [-0.2, -0.15) is 10.1 Å². The van der Waals surface area contributed by atoms with Gasteiger partial charge in [0, 0.05) is 35.9 Å². The number of aromatic nitrogens is 5. The minimum absolute atomic E-state index is 0.213. The molecule has 6 N–H and O–H groups in total. The summed E-state index contributed by atoms with van der Waals surface area (Å²) in [4.78, 5) is 29.5. The van der Waals surface area contributed by atoms with E-state index in [0.29, 0.717) is 17.9 Å². The number of aliphatic imine (C=N–C) groups is 1. The summed E-state index contributed by atoms with van der Waals surface area (Å²) in [5.41, 5.74) is 19.8. The number of amides is 1. The molecule has 0 aromatic carbocycles. The van der Waals surface area contributed by atoms with Crippen molar-refractivity contribution in [2.75, 3.05) is 5.73 Å². The van der Waals surface area contributed by atoms with Crippen LogP contribution in [-0.4, -0.2) is 42.0 Å². The second-order valence-electron chi connectivity index (χ2n) is 8.92. The van der Waals surface area contributed by atoms with Crippen LogP contribution >= 0.6 is 0 Å². The molecular formula is C22H27N9O. The lowest BCUT2D eigenvalue weighted by Crippen LogP contribution is -2.47. The molecule has 10 nitrogen and oxygen atoms in total. The third-order valence-electron chi connectivity index (χ3n) is 5.65. The van der Waals surface area contributed by atoms with Crippen LogP contribution < -0.4 is 17.2 Å². The number of nitrogens with zero attached hydrogens (tertiary/aromatic N) is 6. The smallest absolute Gasteiger partial charge is 0.281 e. The molecule has 0 aliphatic heterocycles. The Hall–Kier alpha value is -3.66. The number of hydrogen-bond acceptors (Lipinski definition) is 7. The van der Waals surface area contributed by atoms with E-state index in [0.717, 1.165) is 36.1 Å². The normalized spacial score (nSPS) is 15.9. The Morgan fingerprint density at radius 1 is 1.16 bits per heavy atom. The first kappa shape index (κ1) is 21.6. The van der Waals surface area contributed by atoms with E-state index in [-0.39, 0.29) is 5.95 Å². The van der Waals surface area contributed by atoms with Crippen molar-refractivity contribution in [1.82, 2.24) is 24.7 Å². The van der Waals surface area contributed by atoms with Crippen molar-refractivity contribution in [3.8, 4) is 11.3 Å². The monoisotopic (exact) mass is 433 g/mol. The van der Waals surface area contributed by atoms with Gasteiger partial charge in [-0.25, -0.2) is 9.97 Å². The van der Waals surface area contributed by atoms with E-state index >= 15 is 0 Å². The van der Waals surface area contributed by atoms with Gasteiger partial charge < -0.3 is 17.2 Å². The molecule has 0 spiro atoms. The van der Waals surface area contributed by atoms with Crippen molar-refractivity contribution in [1.29, 1.82) is 0 Å². The molecule has 1 saturated carbocycles. The Morgan fingerprint density at radius 3 is 2.44 bits per heavy atom. The molecule has 4 rings (SSSR count). The van der Waals surface area contributed by atoms with Crippen LogP contribution in [0.25, 0.3) is 11.3 Å². The Morgan fingerprint density at radius 2 is 1.88 bits per heavy atom. The molecule has 1 amide bonds. The maximum atomic E-state index is 12.7. The van der Waals surface area contributed by atoms with E-state index in [1.807, 2.05) is 26.0 Å². The van der Waals surface area contributed by atoms with Crippen LogP contribution in [0.1, 0.15) is 49.0 Å². The molecule has 3 aromatic heterocycles. The van der Waals surface area contributed by atoms with Gasteiger partial charge in [-0.15, -0.1) is 0 Å². The standard InChI is InChI=1S/C22H27N9O/c1-21(2,25)13-31-12-15(10-29-31)18(32)30-19(23)22(6-3-7-22)16-4-5-17(26-11-16)14-8-27-20(24)28-9-14/h4-5,8-12H,3,6-7,13,25H2,1-2H3,(H2,23,30,32)(H2,24,27,28). The number of nitrogens with two attached hydrogens (primary N) is 3. The zero-order chi connectivity index (χ0) is 22.9. The summed E-state index contributed by atoms with van der Waals surface area (Å²) in [6, 6.07) is 3.85. The molecule has 3 heterocycles. The molecule has 1 fully saturated rings. The molecule has 1 aliphatic carbocycles. The average molecular weight is 434 g/mol. The van der Waals surface area contributed by atoms with Crippen molar-refractivity contribution in [3.63, 3.8) is 0 Å². The lowest BCUT2D eigenvalue weighted by molar-refractivity contribution is 0.100. The summed E-state index contributed by atoms with van der Waals surface area (Å²) >= 11 is 0. The summed E-state index contributed by atoms with van der Waals surface area (Å²) in [7, 11) is 0. The highest BCUT2D eigenvalue weighted by molar-refractivity contribution is 6.06. The number of pyridine rings is 1. The van der Waals surface area contributed by atoms with Crippen LogP contribution in [0.15, 0.2) is 48.1 Å². The number of anilines is 1. The van der Waals surface area contributed by atoms with Gasteiger partial charge in [-0.05, 0) is 38.3 Å². The fraction of sp³-hybridized carbons (Fsp3) is 0.364. The first-order valence-electron chi connectivity index (χ1n) is 10.4. The van der Waals surface area contributed by atoms with Gasteiger partial charge in [-0.1, -0.05) is 12.5 Å². The SMILES string of the molecule is CC(C)(N)Cn1cc(C(=O)N=C(N)C2(c3ccc(-c4cnc(N)nc4)nc3)CCC2)cn1. The van der Waals surface area contributed by atoms with Gasteiger partial charge >= 0.3 is 0 Å². The predicted molar refractivity (Wildman–Crippen MR) is 122 cm³/mol. The number of rotatable bonds is 6. The molecule has 0 saturated heterocycles. The van der Waals surface area contributed by atoms with Crippen LogP contribution in [0.3, 0.4) is 0 Å². The number of amidine groups is 1. The molecule has 0 radical (unpaired) electrons.